The molecule has 0 aliphatic rings. The monoisotopic (exact) mass is 357 g/mol. The minimum Gasteiger partial charge on any atom is -0.302 e. The SMILES string of the molecule is CN(CCCCCCCCCS)Cc1ccc(Br)cc1. The molecule has 114 valence electrons. The Labute approximate surface area is 138 Å². The number of hydrogen-bond acceptors (Lipinski definition) is 2. The second-order valence-electron chi connectivity index (χ2n) is 5.56. The van der Waals surface area contributed by atoms with E-state index in [9.17, 15) is 0 Å². The minimum atomic E-state index is 1.04. The molecule has 0 aliphatic carbocycles. The summed E-state index contributed by atoms with van der Waals surface area (Å²) in [4.78, 5) is 2.42. The lowest BCUT2D eigenvalue weighted by atomic mass is 10.1. The smallest absolute Gasteiger partial charge is 0.0230 e. The fourth-order valence-electron chi connectivity index (χ4n) is 2.36. The molecule has 0 aliphatic heterocycles. The topological polar surface area (TPSA) is 3.24 Å². The lowest BCUT2D eigenvalue weighted by molar-refractivity contribution is 0.316. The third-order valence-electron chi connectivity index (χ3n) is 3.56. The van der Waals surface area contributed by atoms with Gasteiger partial charge in [0, 0.05) is 11.0 Å². The highest BCUT2D eigenvalue weighted by molar-refractivity contribution is 9.10. The summed E-state index contributed by atoms with van der Waals surface area (Å²) in [5.74, 6) is 1.04. The molecule has 0 fully saturated rings. The van der Waals surface area contributed by atoms with E-state index in [1.54, 1.807) is 0 Å². The van der Waals surface area contributed by atoms with E-state index < -0.39 is 0 Å². The van der Waals surface area contributed by atoms with Gasteiger partial charge in [0.2, 0.25) is 0 Å². The molecular weight excluding hydrogens is 330 g/mol. The zero-order valence-electron chi connectivity index (χ0n) is 12.7. The zero-order valence-corrected chi connectivity index (χ0v) is 15.1. The summed E-state index contributed by atoms with van der Waals surface area (Å²) in [7, 11) is 2.22. The van der Waals surface area contributed by atoms with Crippen LogP contribution < -0.4 is 0 Å². The van der Waals surface area contributed by atoms with Crippen molar-refractivity contribution in [2.45, 2.75) is 51.5 Å². The lowest BCUT2D eigenvalue weighted by Gasteiger charge is -2.16. The van der Waals surface area contributed by atoms with Gasteiger partial charge in [-0.1, -0.05) is 60.2 Å². The Hall–Kier alpha value is 0.01000. The number of rotatable bonds is 11. The van der Waals surface area contributed by atoms with Crippen LogP contribution in [0.2, 0.25) is 0 Å². The molecular formula is C17H28BrNS. The quantitative estimate of drug-likeness (QED) is 0.401. The molecule has 0 amide bonds. The van der Waals surface area contributed by atoms with Crippen molar-refractivity contribution in [3.63, 3.8) is 0 Å². The summed E-state index contributed by atoms with van der Waals surface area (Å²) in [6.07, 6.45) is 9.48. The van der Waals surface area contributed by atoms with E-state index in [0.717, 1.165) is 16.8 Å². The van der Waals surface area contributed by atoms with Gasteiger partial charge in [0.05, 0.1) is 0 Å². The first kappa shape index (κ1) is 18.1. The number of hydrogen-bond donors (Lipinski definition) is 1. The fourth-order valence-corrected chi connectivity index (χ4v) is 2.85. The van der Waals surface area contributed by atoms with Crippen LogP contribution in [0.25, 0.3) is 0 Å². The number of halogens is 1. The van der Waals surface area contributed by atoms with E-state index in [-0.39, 0.29) is 0 Å². The summed E-state index contributed by atoms with van der Waals surface area (Å²) in [6, 6.07) is 8.63. The van der Waals surface area contributed by atoms with Crippen LogP contribution in [0.4, 0.5) is 0 Å². The van der Waals surface area contributed by atoms with E-state index in [1.807, 2.05) is 0 Å². The average Bonchev–Trinajstić information content (AvgIpc) is 2.44. The maximum absolute atomic E-state index is 4.24. The minimum absolute atomic E-state index is 1.04. The molecule has 0 saturated heterocycles. The third-order valence-corrected chi connectivity index (χ3v) is 4.41. The molecule has 1 nitrogen and oxygen atoms in total. The predicted molar refractivity (Wildman–Crippen MR) is 96.6 cm³/mol. The Morgan fingerprint density at radius 2 is 1.45 bits per heavy atom. The van der Waals surface area contributed by atoms with Crippen LogP contribution in [0.5, 0.6) is 0 Å². The molecule has 3 heteroatoms. The van der Waals surface area contributed by atoms with Gasteiger partial charge >= 0.3 is 0 Å². The van der Waals surface area contributed by atoms with Gasteiger partial charge in [0.25, 0.3) is 0 Å². The van der Waals surface area contributed by atoms with Crippen LogP contribution in [-0.2, 0) is 6.54 Å². The normalized spacial score (nSPS) is 11.2. The van der Waals surface area contributed by atoms with Gasteiger partial charge in [-0.15, -0.1) is 0 Å². The number of nitrogens with zero attached hydrogens (tertiary/aromatic N) is 1. The maximum atomic E-state index is 4.24. The molecule has 0 unspecified atom stereocenters. The Kier molecular flexibility index (Phi) is 10.5. The van der Waals surface area contributed by atoms with Gasteiger partial charge in [-0.2, -0.15) is 12.6 Å². The van der Waals surface area contributed by atoms with E-state index in [4.69, 9.17) is 0 Å². The van der Waals surface area contributed by atoms with Crippen molar-refractivity contribution in [1.29, 1.82) is 0 Å². The highest BCUT2D eigenvalue weighted by Gasteiger charge is 2.00. The lowest BCUT2D eigenvalue weighted by Crippen LogP contribution is -2.18. The van der Waals surface area contributed by atoms with Crippen molar-refractivity contribution in [2.75, 3.05) is 19.3 Å². The summed E-state index contributed by atoms with van der Waals surface area (Å²) in [6.45, 7) is 2.25. The Morgan fingerprint density at radius 3 is 2.05 bits per heavy atom. The van der Waals surface area contributed by atoms with Gasteiger partial charge in [0.1, 0.15) is 0 Å². The maximum Gasteiger partial charge on any atom is 0.0230 e. The van der Waals surface area contributed by atoms with E-state index >= 15 is 0 Å². The van der Waals surface area contributed by atoms with Crippen molar-refractivity contribution < 1.29 is 0 Å². The molecule has 1 aromatic rings. The van der Waals surface area contributed by atoms with Crippen molar-refractivity contribution >= 4 is 28.6 Å². The van der Waals surface area contributed by atoms with Crippen LogP contribution in [0.1, 0.15) is 50.5 Å². The van der Waals surface area contributed by atoms with Crippen LogP contribution in [0.3, 0.4) is 0 Å². The molecule has 0 atom stereocenters. The van der Waals surface area contributed by atoms with Gasteiger partial charge in [-0.25, -0.2) is 0 Å². The summed E-state index contributed by atoms with van der Waals surface area (Å²) in [5, 5.41) is 0. The molecule has 0 bridgehead atoms. The molecule has 1 rings (SSSR count). The van der Waals surface area contributed by atoms with E-state index in [2.05, 4.69) is 64.8 Å². The van der Waals surface area contributed by atoms with Crippen molar-refractivity contribution in [1.82, 2.24) is 4.90 Å². The highest BCUT2D eigenvalue weighted by atomic mass is 79.9. The first-order chi connectivity index (χ1) is 9.72. The number of thiol groups is 1. The fraction of sp³-hybridized carbons (Fsp3) is 0.647. The summed E-state index contributed by atoms with van der Waals surface area (Å²) >= 11 is 7.72. The van der Waals surface area contributed by atoms with E-state index in [1.165, 1.54) is 57.1 Å². The molecule has 20 heavy (non-hydrogen) atoms. The second-order valence-corrected chi connectivity index (χ2v) is 6.93. The molecule has 0 heterocycles. The van der Waals surface area contributed by atoms with Crippen LogP contribution >= 0.6 is 28.6 Å². The zero-order chi connectivity index (χ0) is 14.6. The first-order valence-electron chi connectivity index (χ1n) is 7.76. The second kappa shape index (κ2) is 11.6. The standard InChI is InChI=1S/C17H28BrNS/c1-19(15-16-9-11-17(18)12-10-16)13-7-5-3-2-4-6-8-14-20/h9-12,20H,2-8,13-15H2,1H3. The molecule has 0 radical (unpaired) electrons. The average molecular weight is 358 g/mol. The van der Waals surface area contributed by atoms with Crippen LogP contribution in [0, 0.1) is 0 Å². The van der Waals surface area contributed by atoms with Crippen molar-refractivity contribution in [2.24, 2.45) is 0 Å². The molecule has 0 aromatic heterocycles. The van der Waals surface area contributed by atoms with Crippen LogP contribution in [-0.4, -0.2) is 24.2 Å². The van der Waals surface area contributed by atoms with Crippen LogP contribution in [0.15, 0.2) is 28.7 Å². The number of benzene rings is 1. The van der Waals surface area contributed by atoms with Crippen molar-refractivity contribution in [3.05, 3.63) is 34.3 Å². The van der Waals surface area contributed by atoms with E-state index in [0.29, 0.717) is 0 Å². The number of unbranched alkanes of at least 4 members (excludes halogenated alkanes) is 6. The Balaban J connectivity index is 2.00. The summed E-state index contributed by atoms with van der Waals surface area (Å²) < 4.78 is 1.15. The third kappa shape index (κ3) is 9.04. The molecule has 1 aromatic carbocycles. The predicted octanol–water partition coefficient (Wildman–Crippen LogP) is 5.54. The molecule has 0 N–H and O–H groups in total. The van der Waals surface area contributed by atoms with Gasteiger partial charge in [0.15, 0.2) is 0 Å². The highest BCUT2D eigenvalue weighted by Crippen LogP contribution is 2.12. The van der Waals surface area contributed by atoms with Crippen molar-refractivity contribution in [3.8, 4) is 0 Å². The van der Waals surface area contributed by atoms with Gasteiger partial charge in [-0.05, 0) is 49.9 Å². The largest absolute Gasteiger partial charge is 0.302 e. The summed E-state index contributed by atoms with van der Waals surface area (Å²) in [5.41, 5.74) is 1.39. The van der Waals surface area contributed by atoms with Gasteiger partial charge in [-0.3, -0.25) is 0 Å². The van der Waals surface area contributed by atoms with Gasteiger partial charge < -0.3 is 4.90 Å². The Bertz CT molecular complexity index is 339. The molecule has 0 spiro atoms. The molecule has 0 saturated carbocycles. The Morgan fingerprint density at radius 1 is 0.900 bits per heavy atom. The first-order valence-corrected chi connectivity index (χ1v) is 9.19.